The topological polar surface area (TPSA) is 73.9 Å². The van der Waals surface area contributed by atoms with E-state index in [-0.39, 0.29) is 24.8 Å². The Morgan fingerprint density at radius 1 is 1.19 bits per heavy atom. The number of carbonyl (C=O) groups excluding carboxylic acids is 2. The van der Waals surface area contributed by atoms with Crippen molar-refractivity contribution < 1.29 is 23.8 Å². The molecule has 0 unspecified atom stereocenters. The Kier molecular flexibility index (Phi) is 7.01. The van der Waals surface area contributed by atoms with E-state index < -0.39 is 0 Å². The Balaban J connectivity index is 2.72. The first-order valence-corrected chi connectivity index (χ1v) is 7.18. The fourth-order valence-electron chi connectivity index (χ4n) is 1.61. The van der Waals surface area contributed by atoms with E-state index in [0.29, 0.717) is 28.1 Å². The average Bonchev–Trinajstić information content (AvgIpc) is 2.47. The molecule has 0 aromatic heterocycles. The second-order valence-electron chi connectivity index (χ2n) is 4.01. The van der Waals surface area contributed by atoms with Crippen molar-refractivity contribution in [2.75, 3.05) is 27.4 Å². The summed E-state index contributed by atoms with van der Waals surface area (Å²) in [6.45, 7) is 2.27. The number of methoxy groups -OCH3 is 2. The minimum absolute atomic E-state index is 0.129. The number of esters is 1. The van der Waals surface area contributed by atoms with Gasteiger partial charge in [0.25, 0.3) is 5.91 Å². The van der Waals surface area contributed by atoms with Crippen molar-refractivity contribution in [2.24, 2.45) is 0 Å². The van der Waals surface area contributed by atoms with Crippen molar-refractivity contribution >= 4 is 27.8 Å². The van der Waals surface area contributed by atoms with E-state index in [1.807, 2.05) is 0 Å². The lowest BCUT2D eigenvalue weighted by Crippen LogP contribution is -2.26. The van der Waals surface area contributed by atoms with E-state index in [2.05, 4.69) is 21.2 Å². The Morgan fingerprint density at radius 3 is 2.24 bits per heavy atom. The van der Waals surface area contributed by atoms with Gasteiger partial charge in [-0.05, 0) is 35.0 Å². The van der Waals surface area contributed by atoms with Gasteiger partial charge in [0, 0.05) is 12.1 Å². The van der Waals surface area contributed by atoms with Crippen LogP contribution in [0.25, 0.3) is 0 Å². The fourth-order valence-corrected chi connectivity index (χ4v) is 2.17. The summed E-state index contributed by atoms with van der Waals surface area (Å²) < 4.78 is 15.8. The Bertz CT molecular complexity index is 493. The van der Waals surface area contributed by atoms with Gasteiger partial charge >= 0.3 is 5.97 Å². The normalized spacial score (nSPS) is 9.90. The van der Waals surface area contributed by atoms with Crippen LogP contribution in [0.15, 0.2) is 16.6 Å². The second-order valence-corrected chi connectivity index (χ2v) is 4.80. The first kappa shape index (κ1) is 17.3. The molecule has 0 aliphatic rings. The van der Waals surface area contributed by atoms with Gasteiger partial charge in [-0.15, -0.1) is 0 Å². The Hall–Kier alpha value is -1.76. The van der Waals surface area contributed by atoms with Crippen LogP contribution in [0.2, 0.25) is 0 Å². The Morgan fingerprint density at radius 2 is 1.76 bits per heavy atom. The number of hydrogen-bond donors (Lipinski definition) is 1. The third-order valence-electron chi connectivity index (χ3n) is 2.63. The molecular weight excluding hydrogens is 342 g/mol. The van der Waals surface area contributed by atoms with E-state index in [4.69, 9.17) is 14.2 Å². The highest BCUT2D eigenvalue weighted by Gasteiger charge is 2.14. The maximum Gasteiger partial charge on any atom is 0.307 e. The molecule has 1 amide bonds. The summed E-state index contributed by atoms with van der Waals surface area (Å²) in [5, 5.41) is 2.64. The number of ether oxygens (including phenoxy) is 3. The first-order valence-electron chi connectivity index (χ1n) is 6.38. The fraction of sp³-hybridized carbons (Fsp3) is 0.429. The summed E-state index contributed by atoms with van der Waals surface area (Å²) in [5.41, 5.74) is 0.385. The van der Waals surface area contributed by atoms with Gasteiger partial charge in [0.05, 0.1) is 27.2 Å². The van der Waals surface area contributed by atoms with Crippen LogP contribution in [0.5, 0.6) is 11.5 Å². The lowest BCUT2D eigenvalue weighted by Gasteiger charge is -2.11. The molecule has 0 heterocycles. The molecule has 1 aromatic carbocycles. The van der Waals surface area contributed by atoms with E-state index in [9.17, 15) is 9.59 Å². The molecule has 116 valence electrons. The molecule has 0 spiro atoms. The summed E-state index contributed by atoms with van der Waals surface area (Å²) in [5.74, 6) is 0.321. The van der Waals surface area contributed by atoms with E-state index >= 15 is 0 Å². The van der Waals surface area contributed by atoms with Crippen LogP contribution in [0.3, 0.4) is 0 Å². The summed E-state index contributed by atoms with van der Waals surface area (Å²) in [4.78, 5) is 23.2. The molecule has 0 fully saturated rings. The monoisotopic (exact) mass is 359 g/mol. The van der Waals surface area contributed by atoms with E-state index in [1.165, 1.54) is 14.2 Å². The molecule has 1 N–H and O–H groups in total. The third-order valence-corrected chi connectivity index (χ3v) is 3.41. The second kappa shape index (κ2) is 8.51. The number of carbonyl (C=O) groups is 2. The predicted molar refractivity (Wildman–Crippen MR) is 80.8 cm³/mol. The van der Waals surface area contributed by atoms with Crippen molar-refractivity contribution in [1.29, 1.82) is 0 Å². The van der Waals surface area contributed by atoms with Gasteiger partial charge in [-0.2, -0.15) is 0 Å². The van der Waals surface area contributed by atoms with Crippen molar-refractivity contribution in [2.45, 2.75) is 13.3 Å². The predicted octanol–water partition coefficient (Wildman–Crippen LogP) is 2.15. The van der Waals surface area contributed by atoms with Gasteiger partial charge in [-0.3, -0.25) is 9.59 Å². The molecule has 6 nitrogen and oxygen atoms in total. The molecule has 0 aliphatic heterocycles. The zero-order valence-electron chi connectivity index (χ0n) is 12.2. The largest absolute Gasteiger partial charge is 0.495 e. The highest BCUT2D eigenvalue weighted by Crippen LogP contribution is 2.35. The highest BCUT2D eigenvalue weighted by molar-refractivity contribution is 9.10. The van der Waals surface area contributed by atoms with Crippen LogP contribution < -0.4 is 14.8 Å². The van der Waals surface area contributed by atoms with Crippen molar-refractivity contribution in [3.05, 3.63) is 22.2 Å². The SMILES string of the molecule is CCOC(=O)CCNC(=O)c1cc(OC)c(Br)c(OC)c1. The smallest absolute Gasteiger partial charge is 0.307 e. The van der Waals surface area contributed by atoms with Crippen molar-refractivity contribution in [1.82, 2.24) is 5.32 Å². The molecule has 0 saturated heterocycles. The molecular formula is C14H18BrNO5. The highest BCUT2D eigenvalue weighted by atomic mass is 79.9. The number of benzene rings is 1. The van der Waals surface area contributed by atoms with E-state index in [1.54, 1.807) is 19.1 Å². The summed E-state index contributed by atoms with van der Waals surface area (Å²) in [7, 11) is 3.00. The molecule has 7 heteroatoms. The van der Waals surface area contributed by atoms with Crippen LogP contribution >= 0.6 is 15.9 Å². The van der Waals surface area contributed by atoms with E-state index in [0.717, 1.165) is 0 Å². The number of nitrogens with one attached hydrogen (secondary N) is 1. The molecule has 0 radical (unpaired) electrons. The summed E-state index contributed by atoms with van der Waals surface area (Å²) >= 11 is 3.33. The molecule has 0 atom stereocenters. The van der Waals surface area contributed by atoms with Gasteiger partial charge < -0.3 is 19.5 Å². The molecule has 21 heavy (non-hydrogen) atoms. The van der Waals surface area contributed by atoms with Gasteiger partial charge in [0.2, 0.25) is 0 Å². The van der Waals surface area contributed by atoms with Gasteiger partial charge in [-0.1, -0.05) is 0 Å². The molecule has 0 bridgehead atoms. The van der Waals surface area contributed by atoms with Crippen LogP contribution in [0.1, 0.15) is 23.7 Å². The molecule has 0 aliphatic carbocycles. The third kappa shape index (κ3) is 4.93. The lowest BCUT2D eigenvalue weighted by atomic mass is 10.2. The van der Waals surface area contributed by atoms with Crippen LogP contribution in [0, 0.1) is 0 Å². The summed E-state index contributed by atoms with van der Waals surface area (Å²) in [6.07, 6.45) is 0.129. The number of halogens is 1. The quantitative estimate of drug-likeness (QED) is 0.755. The minimum Gasteiger partial charge on any atom is -0.495 e. The van der Waals surface area contributed by atoms with Crippen LogP contribution in [-0.2, 0) is 9.53 Å². The van der Waals surface area contributed by atoms with Crippen LogP contribution in [-0.4, -0.2) is 39.2 Å². The lowest BCUT2D eigenvalue weighted by molar-refractivity contribution is -0.142. The Labute approximate surface area is 131 Å². The maximum atomic E-state index is 12.0. The molecule has 1 aromatic rings. The van der Waals surface area contributed by atoms with Crippen molar-refractivity contribution in [3.8, 4) is 11.5 Å². The van der Waals surface area contributed by atoms with Gasteiger partial charge in [0.1, 0.15) is 16.0 Å². The molecule has 1 rings (SSSR count). The number of hydrogen-bond acceptors (Lipinski definition) is 5. The standard InChI is InChI=1S/C14H18BrNO5/c1-4-21-12(17)5-6-16-14(18)9-7-10(19-2)13(15)11(8-9)20-3/h7-8H,4-6H2,1-3H3,(H,16,18). The first-order chi connectivity index (χ1) is 10.0. The maximum absolute atomic E-state index is 12.0. The van der Waals surface area contributed by atoms with Crippen molar-refractivity contribution in [3.63, 3.8) is 0 Å². The van der Waals surface area contributed by atoms with Gasteiger partial charge in [0.15, 0.2) is 0 Å². The summed E-state index contributed by atoms with van der Waals surface area (Å²) in [6, 6.07) is 3.18. The molecule has 0 saturated carbocycles. The number of rotatable bonds is 7. The number of amides is 1. The zero-order valence-corrected chi connectivity index (χ0v) is 13.8. The minimum atomic E-state index is -0.344. The zero-order chi connectivity index (χ0) is 15.8. The van der Waals surface area contributed by atoms with Crippen LogP contribution in [0.4, 0.5) is 0 Å². The van der Waals surface area contributed by atoms with Gasteiger partial charge in [-0.25, -0.2) is 0 Å². The average molecular weight is 360 g/mol.